The second-order valence-corrected chi connectivity index (χ2v) is 4.84. The SMILES string of the molecule is COc1ccccc1N1CC(=O)N2CCCC2C1=O. The summed E-state index contributed by atoms with van der Waals surface area (Å²) in [5.41, 5.74) is 0.676. The van der Waals surface area contributed by atoms with Gasteiger partial charge in [-0.25, -0.2) is 0 Å². The minimum Gasteiger partial charge on any atom is -0.495 e. The van der Waals surface area contributed by atoms with Crippen molar-refractivity contribution in [3.8, 4) is 5.75 Å². The lowest BCUT2D eigenvalue weighted by atomic mass is 10.1. The summed E-state index contributed by atoms with van der Waals surface area (Å²) in [4.78, 5) is 27.8. The topological polar surface area (TPSA) is 49.9 Å². The molecular weight excluding hydrogens is 244 g/mol. The molecule has 1 aromatic rings. The van der Waals surface area contributed by atoms with Crippen LogP contribution in [0.1, 0.15) is 12.8 Å². The van der Waals surface area contributed by atoms with Crippen LogP contribution in [0.25, 0.3) is 0 Å². The van der Waals surface area contributed by atoms with Crippen LogP contribution in [0.2, 0.25) is 0 Å². The molecule has 2 fully saturated rings. The molecule has 5 heteroatoms. The van der Waals surface area contributed by atoms with Gasteiger partial charge in [0.05, 0.1) is 12.8 Å². The van der Waals surface area contributed by atoms with Crippen LogP contribution in [0.3, 0.4) is 0 Å². The molecule has 0 aliphatic carbocycles. The van der Waals surface area contributed by atoms with E-state index in [-0.39, 0.29) is 24.4 Å². The van der Waals surface area contributed by atoms with Gasteiger partial charge in [0.1, 0.15) is 18.3 Å². The average Bonchev–Trinajstić information content (AvgIpc) is 2.93. The Balaban J connectivity index is 1.96. The molecule has 0 N–H and O–H groups in total. The third-order valence-corrected chi connectivity index (χ3v) is 3.79. The largest absolute Gasteiger partial charge is 0.495 e. The summed E-state index contributed by atoms with van der Waals surface area (Å²) in [6.07, 6.45) is 1.66. The highest BCUT2D eigenvalue weighted by Crippen LogP contribution is 2.32. The number of amides is 2. The normalized spacial score (nSPS) is 22.7. The van der Waals surface area contributed by atoms with Crippen molar-refractivity contribution in [2.24, 2.45) is 0 Å². The van der Waals surface area contributed by atoms with Crippen LogP contribution in [0.15, 0.2) is 24.3 Å². The minimum absolute atomic E-state index is 0.00148. The van der Waals surface area contributed by atoms with Crippen LogP contribution in [0.5, 0.6) is 5.75 Å². The van der Waals surface area contributed by atoms with Crippen LogP contribution < -0.4 is 9.64 Å². The number of anilines is 1. The number of piperazine rings is 1. The Morgan fingerprint density at radius 2 is 2.05 bits per heavy atom. The van der Waals surface area contributed by atoms with Gasteiger partial charge in [-0.05, 0) is 25.0 Å². The van der Waals surface area contributed by atoms with Crippen LogP contribution in [0, 0.1) is 0 Å². The zero-order valence-corrected chi connectivity index (χ0v) is 10.8. The second-order valence-electron chi connectivity index (χ2n) is 4.84. The van der Waals surface area contributed by atoms with Crippen molar-refractivity contribution >= 4 is 17.5 Å². The van der Waals surface area contributed by atoms with Gasteiger partial charge in [0.2, 0.25) is 11.8 Å². The molecule has 1 aromatic carbocycles. The highest BCUT2D eigenvalue weighted by Gasteiger charge is 2.42. The van der Waals surface area contributed by atoms with E-state index in [9.17, 15) is 9.59 Å². The number of fused-ring (bicyclic) bond motifs is 1. The molecule has 0 spiro atoms. The summed E-state index contributed by atoms with van der Waals surface area (Å²) in [7, 11) is 1.57. The zero-order chi connectivity index (χ0) is 13.4. The lowest BCUT2D eigenvalue weighted by Gasteiger charge is -2.36. The molecule has 5 nitrogen and oxygen atoms in total. The Hall–Kier alpha value is -2.04. The standard InChI is InChI=1S/C14H16N2O3/c1-19-12-7-3-2-5-10(12)16-9-13(17)15-8-4-6-11(15)14(16)18/h2-3,5,7,11H,4,6,8-9H2,1H3. The number of nitrogens with zero attached hydrogens (tertiary/aromatic N) is 2. The van der Waals surface area contributed by atoms with E-state index in [0.717, 1.165) is 12.8 Å². The molecule has 2 saturated heterocycles. The average molecular weight is 260 g/mol. The fraction of sp³-hybridized carbons (Fsp3) is 0.429. The fourth-order valence-corrected chi connectivity index (χ4v) is 2.86. The number of benzene rings is 1. The first-order valence-electron chi connectivity index (χ1n) is 6.46. The summed E-state index contributed by atoms with van der Waals surface area (Å²) in [6.45, 7) is 0.810. The Bertz CT molecular complexity index is 529. The quantitative estimate of drug-likeness (QED) is 0.798. The van der Waals surface area contributed by atoms with Gasteiger partial charge in [-0.3, -0.25) is 14.5 Å². The fourth-order valence-electron chi connectivity index (χ4n) is 2.86. The summed E-state index contributed by atoms with van der Waals surface area (Å²) in [5.74, 6) is 0.643. The Kier molecular flexibility index (Phi) is 2.89. The number of hydrogen-bond acceptors (Lipinski definition) is 3. The van der Waals surface area contributed by atoms with Crippen LogP contribution in [-0.4, -0.2) is 43.0 Å². The number of carbonyl (C=O) groups is 2. The molecule has 0 radical (unpaired) electrons. The Morgan fingerprint density at radius 3 is 2.84 bits per heavy atom. The van der Waals surface area contributed by atoms with Crippen LogP contribution >= 0.6 is 0 Å². The third-order valence-electron chi connectivity index (χ3n) is 3.79. The molecule has 2 amide bonds. The molecule has 1 unspecified atom stereocenters. The van der Waals surface area contributed by atoms with E-state index in [1.54, 1.807) is 23.0 Å². The number of ether oxygens (including phenoxy) is 1. The first kappa shape index (κ1) is 12.0. The van der Waals surface area contributed by atoms with E-state index in [1.807, 2.05) is 18.2 Å². The molecule has 3 rings (SSSR count). The first-order chi connectivity index (χ1) is 9.22. The van der Waals surface area contributed by atoms with Gasteiger partial charge < -0.3 is 9.64 Å². The van der Waals surface area contributed by atoms with Gasteiger partial charge in [-0.2, -0.15) is 0 Å². The molecule has 0 bridgehead atoms. The van der Waals surface area contributed by atoms with E-state index < -0.39 is 0 Å². The Labute approximate surface area is 111 Å². The summed E-state index contributed by atoms with van der Waals surface area (Å²) < 4.78 is 5.27. The number of para-hydroxylation sites is 2. The molecule has 0 saturated carbocycles. The summed E-state index contributed by atoms with van der Waals surface area (Å²) in [5, 5.41) is 0. The predicted molar refractivity (Wildman–Crippen MR) is 70.1 cm³/mol. The second kappa shape index (κ2) is 4.57. The molecule has 100 valence electrons. The van der Waals surface area contributed by atoms with Crippen molar-refractivity contribution < 1.29 is 14.3 Å². The maximum atomic E-state index is 12.5. The smallest absolute Gasteiger partial charge is 0.250 e. The van der Waals surface area contributed by atoms with Gasteiger partial charge in [0.15, 0.2) is 0 Å². The van der Waals surface area contributed by atoms with E-state index in [1.165, 1.54) is 0 Å². The zero-order valence-electron chi connectivity index (χ0n) is 10.8. The van der Waals surface area contributed by atoms with Crippen molar-refractivity contribution in [3.63, 3.8) is 0 Å². The number of rotatable bonds is 2. The molecule has 2 aliphatic rings. The van der Waals surface area contributed by atoms with Gasteiger partial charge in [0.25, 0.3) is 0 Å². The van der Waals surface area contributed by atoms with E-state index in [0.29, 0.717) is 18.0 Å². The van der Waals surface area contributed by atoms with Crippen LogP contribution in [-0.2, 0) is 9.59 Å². The first-order valence-corrected chi connectivity index (χ1v) is 6.46. The van der Waals surface area contributed by atoms with Crippen molar-refractivity contribution in [1.82, 2.24) is 4.90 Å². The van der Waals surface area contributed by atoms with E-state index in [2.05, 4.69) is 0 Å². The van der Waals surface area contributed by atoms with E-state index >= 15 is 0 Å². The van der Waals surface area contributed by atoms with Crippen molar-refractivity contribution in [2.45, 2.75) is 18.9 Å². The monoisotopic (exact) mass is 260 g/mol. The summed E-state index contributed by atoms with van der Waals surface area (Å²) >= 11 is 0. The van der Waals surface area contributed by atoms with Crippen molar-refractivity contribution in [2.75, 3.05) is 25.1 Å². The minimum atomic E-state index is -0.286. The Morgan fingerprint density at radius 1 is 1.26 bits per heavy atom. The maximum absolute atomic E-state index is 12.5. The molecule has 2 heterocycles. The molecule has 1 atom stereocenters. The number of hydrogen-bond donors (Lipinski definition) is 0. The molecule has 19 heavy (non-hydrogen) atoms. The molecule has 0 aromatic heterocycles. The van der Waals surface area contributed by atoms with Gasteiger partial charge >= 0.3 is 0 Å². The van der Waals surface area contributed by atoms with Gasteiger partial charge in [0, 0.05) is 6.54 Å². The summed E-state index contributed by atoms with van der Waals surface area (Å²) in [6, 6.07) is 7.02. The van der Waals surface area contributed by atoms with Gasteiger partial charge in [-0.1, -0.05) is 12.1 Å². The predicted octanol–water partition coefficient (Wildman–Crippen LogP) is 1.03. The van der Waals surface area contributed by atoms with Crippen molar-refractivity contribution in [1.29, 1.82) is 0 Å². The van der Waals surface area contributed by atoms with Crippen molar-refractivity contribution in [3.05, 3.63) is 24.3 Å². The number of carbonyl (C=O) groups excluding carboxylic acids is 2. The molecular formula is C14H16N2O3. The van der Waals surface area contributed by atoms with Crippen LogP contribution in [0.4, 0.5) is 5.69 Å². The lowest BCUT2D eigenvalue weighted by molar-refractivity contribution is -0.140. The van der Waals surface area contributed by atoms with Gasteiger partial charge in [-0.15, -0.1) is 0 Å². The highest BCUT2D eigenvalue weighted by atomic mass is 16.5. The third kappa shape index (κ3) is 1.85. The number of methoxy groups -OCH3 is 1. The molecule has 2 aliphatic heterocycles. The lowest BCUT2D eigenvalue weighted by Crippen LogP contribution is -2.57. The highest BCUT2D eigenvalue weighted by molar-refractivity contribution is 6.07. The van der Waals surface area contributed by atoms with E-state index in [4.69, 9.17) is 4.74 Å². The maximum Gasteiger partial charge on any atom is 0.250 e.